The molecule has 0 amide bonds. The van der Waals surface area contributed by atoms with Crippen LogP contribution >= 0.6 is 10.7 Å². The van der Waals surface area contributed by atoms with Crippen LogP contribution in [0.1, 0.15) is 5.89 Å². The van der Waals surface area contributed by atoms with Crippen molar-refractivity contribution in [3.05, 3.63) is 28.1 Å². The number of halogens is 1. The number of hydrogen-bond acceptors (Lipinski definition) is 6. The predicted molar refractivity (Wildman–Crippen MR) is 58.4 cm³/mol. The number of benzene rings is 1. The minimum atomic E-state index is -4.06. The highest BCUT2D eigenvalue weighted by atomic mass is 35.7. The van der Waals surface area contributed by atoms with Crippen LogP contribution in [0.5, 0.6) is 0 Å². The van der Waals surface area contributed by atoms with Gasteiger partial charge in [-0.05, 0) is 0 Å². The zero-order valence-electron chi connectivity index (χ0n) is 8.38. The number of hydrogen-bond donors (Lipinski definition) is 0. The third kappa shape index (κ3) is 2.08. The average molecular weight is 277 g/mol. The van der Waals surface area contributed by atoms with E-state index in [1.54, 1.807) is 0 Å². The number of rotatable bonds is 2. The molecule has 7 nitrogen and oxygen atoms in total. The Morgan fingerprint density at radius 1 is 1.47 bits per heavy atom. The Bertz CT molecular complexity index is 721. The SMILES string of the molecule is Cc1nc2c([N+](=O)[O-])cc(S(=O)(=O)Cl)cc2o1. The third-order valence-corrected chi connectivity index (χ3v) is 3.37. The van der Waals surface area contributed by atoms with Crippen molar-refractivity contribution in [3.63, 3.8) is 0 Å². The van der Waals surface area contributed by atoms with E-state index in [0.29, 0.717) is 0 Å². The van der Waals surface area contributed by atoms with E-state index in [9.17, 15) is 18.5 Å². The van der Waals surface area contributed by atoms with Crippen molar-refractivity contribution < 1.29 is 17.8 Å². The first kappa shape index (κ1) is 11.8. The first-order chi connectivity index (χ1) is 7.79. The maximum atomic E-state index is 11.1. The molecule has 2 aromatic rings. The Morgan fingerprint density at radius 2 is 2.12 bits per heavy atom. The van der Waals surface area contributed by atoms with Gasteiger partial charge in [0.15, 0.2) is 17.0 Å². The van der Waals surface area contributed by atoms with Crippen LogP contribution in [0.15, 0.2) is 21.4 Å². The van der Waals surface area contributed by atoms with Gasteiger partial charge in [0.2, 0.25) is 0 Å². The average Bonchev–Trinajstić information content (AvgIpc) is 2.54. The summed E-state index contributed by atoms with van der Waals surface area (Å²) in [4.78, 5) is 13.5. The molecule has 0 N–H and O–H groups in total. The standard InChI is InChI=1S/C8H5ClN2O5S/c1-4-10-8-6(11(12)13)2-5(17(9,14)15)3-7(8)16-4/h2-3H,1H3. The number of non-ortho nitro benzene ring substituents is 1. The first-order valence-electron chi connectivity index (χ1n) is 4.29. The van der Waals surface area contributed by atoms with Gasteiger partial charge in [0, 0.05) is 29.7 Å². The lowest BCUT2D eigenvalue weighted by molar-refractivity contribution is -0.383. The Balaban J connectivity index is 2.89. The Hall–Kier alpha value is -1.67. The van der Waals surface area contributed by atoms with Gasteiger partial charge in [0.25, 0.3) is 14.7 Å². The summed E-state index contributed by atoms with van der Waals surface area (Å²) in [5, 5.41) is 10.8. The van der Waals surface area contributed by atoms with Crippen LogP contribution < -0.4 is 0 Å². The molecule has 9 heteroatoms. The van der Waals surface area contributed by atoms with Crippen LogP contribution in [0.4, 0.5) is 5.69 Å². The van der Waals surface area contributed by atoms with Crippen LogP contribution in [0.2, 0.25) is 0 Å². The molecule has 1 aromatic carbocycles. The van der Waals surface area contributed by atoms with Crippen LogP contribution in [0.25, 0.3) is 11.1 Å². The molecule has 0 saturated heterocycles. The van der Waals surface area contributed by atoms with E-state index < -0.39 is 24.6 Å². The Labute approximate surface area is 99.6 Å². The number of fused-ring (bicyclic) bond motifs is 1. The monoisotopic (exact) mass is 276 g/mol. The normalized spacial score (nSPS) is 11.9. The predicted octanol–water partition coefficient (Wildman–Crippen LogP) is 1.97. The smallest absolute Gasteiger partial charge is 0.300 e. The molecule has 1 aromatic heterocycles. The van der Waals surface area contributed by atoms with Gasteiger partial charge in [0.05, 0.1) is 9.82 Å². The van der Waals surface area contributed by atoms with Crippen molar-refractivity contribution in [2.24, 2.45) is 0 Å². The highest BCUT2D eigenvalue weighted by Gasteiger charge is 2.23. The Morgan fingerprint density at radius 3 is 2.65 bits per heavy atom. The van der Waals surface area contributed by atoms with Gasteiger partial charge in [-0.2, -0.15) is 0 Å². The molecule has 0 aliphatic carbocycles. The molecule has 0 aliphatic heterocycles. The number of nitrogens with zero attached hydrogens (tertiary/aromatic N) is 2. The lowest BCUT2D eigenvalue weighted by Crippen LogP contribution is -1.95. The number of aryl methyl sites for hydroxylation is 1. The molecule has 0 spiro atoms. The molecule has 0 unspecified atom stereocenters. The molecule has 2 rings (SSSR count). The molecule has 0 atom stereocenters. The summed E-state index contributed by atoms with van der Waals surface area (Å²) in [6.45, 7) is 1.50. The van der Waals surface area contributed by atoms with Crippen molar-refractivity contribution in [1.82, 2.24) is 4.98 Å². The van der Waals surface area contributed by atoms with E-state index >= 15 is 0 Å². The second kappa shape index (κ2) is 3.67. The maximum Gasteiger partial charge on any atom is 0.300 e. The first-order valence-corrected chi connectivity index (χ1v) is 6.60. The summed E-state index contributed by atoms with van der Waals surface area (Å²) < 4.78 is 27.3. The second-order valence-corrected chi connectivity index (χ2v) is 5.78. The lowest BCUT2D eigenvalue weighted by Gasteiger charge is -1.96. The van der Waals surface area contributed by atoms with Gasteiger partial charge in [-0.15, -0.1) is 0 Å². The summed E-state index contributed by atoms with van der Waals surface area (Å²) in [5.74, 6) is 0.201. The molecule has 1 heterocycles. The number of aromatic nitrogens is 1. The fraction of sp³-hybridized carbons (Fsp3) is 0.125. The summed E-state index contributed by atoms with van der Waals surface area (Å²) in [6.07, 6.45) is 0. The summed E-state index contributed by atoms with van der Waals surface area (Å²) in [7, 11) is 1.07. The van der Waals surface area contributed by atoms with Crippen molar-refractivity contribution in [1.29, 1.82) is 0 Å². The summed E-state index contributed by atoms with van der Waals surface area (Å²) >= 11 is 0. The molecule has 0 bridgehead atoms. The molecule has 0 saturated carbocycles. The van der Waals surface area contributed by atoms with Crippen molar-refractivity contribution >= 4 is 36.5 Å². The number of oxazole rings is 1. The quantitative estimate of drug-likeness (QED) is 0.472. The minimum Gasteiger partial charge on any atom is -0.441 e. The van der Waals surface area contributed by atoms with Crippen molar-refractivity contribution in [3.8, 4) is 0 Å². The van der Waals surface area contributed by atoms with E-state index in [1.165, 1.54) is 6.92 Å². The molecular weight excluding hydrogens is 272 g/mol. The molecular formula is C8H5ClN2O5S. The van der Waals surface area contributed by atoms with Crippen molar-refractivity contribution in [2.75, 3.05) is 0 Å². The summed E-state index contributed by atoms with van der Waals surface area (Å²) in [5.41, 5.74) is -0.453. The molecule has 0 radical (unpaired) electrons. The molecule has 0 aliphatic rings. The number of nitro benzene ring substituents is 1. The fourth-order valence-corrected chi connectivity index (χ4v) is 2.15. The maximum absolute atomic E-state index is 11.1. The van der Waals surface area contributed by atoms with Crippen LogP contribution in [-0.4, -0.2) is 18.3 Å². The van der Waals surface area contributed by atoms with E-state index in [-0.39, 0.29) is 17.0 Å². The second-order valence-electron chi connectivity index (χ2n) is 3.22. The van der Waals surface area contributed by atoms with E-state index in [0.717, 1.165) is 12.1 Å². The van der Waals surface area contributed by atoms with Gasteiger partial charge in [0.1, 0.15) is 0 Å². The van der Waals surface area contributed by atoms with E-state index in [4.69, 9.17) is 15.1 Å². The lowest BCUT2D eigenvalue weighted by atomic mass is 10.3. The van der Waals surface area contributed by atoms with Gasteiger partial charge in [-0.3, -0.25) is 10.1 Å². The van der Waals surface area contributed by atoms with Gasteiger partial charge in [-0.25, -0.2) is 13.4 Å². The largest absolute Gasteiger partial charge is 0.441 e. The number of nitro groups is 1. The van der Waals surface area contributed by atoms with E-state index in [1.807, 2.05) is 0 Å². The highest BCUT2D eigenvalue weighted by molar-refractivity contribution is 8.13. The third-order valence-electron chi connectivity index (χ3n) is 2.03. The van der Waals surface area contributed by atoms with Crippen LogP contribution in [0.3, 0.4) is 0 Å². The minimum absolute atomic E-state index is 0.00318. The van der Waals surface area contributed by atoms with Gasteiger partial charge in [-0.1, -0.05) is 0 Å². The van der Waals surface area contributed by atoms with Crippen LogP contribution in [-0.2, 0) is 9.05 Å². The topological polar surface area (TPSA) is 103 Å². The van der Waals surface area contributed by atoms with Gasteiger partial charge >= 0.3 is 0 Å². The van der Waals surface area contributed by atoms with Gasteiger partial charge < -0.3 is 4.42 Å². The Kier molecular flexibility index (Phi) is 2.55. The fourth-order valence-electron chi connectivity index (χ4n) is 1.38. The molecule has 90 valence electrons. The summed E-state index contributed by atoms with van der Waals surface area (Å²) in [6, 6.07) is 1.96. The zero-order chi connectivity index (χ0) is 12.8. The molecule has 17 heavy (non-hydrogen) atoms. The highest BCUT2D eigenvalue weighted by Crippen LogP contribution is 2.30. The van der Waals surface area contributed by atoms with Crippen LogP contribution in [0, 0.1) is 17.0 Å². The zero-order valence-corrected chi connectivity index (χ0v) is 9.95. The van der Waals surface area contributed by atoms with Crippen molar-refractivity contribution in [2.45, 2.75) is 11.8 Å². The molecule has 0 fully saturated rings. The van der Waals surface area contributed by atoms with E-state index in [2.05, 4.69) is 4.98 Å².